The van der Waals surface area contributed by atoms with E-state index in [1.165, 1.54) is 0 Å². The molecule has 124 valence electrons. The van der Waals surface area contributed by atoms with E-state index >= 15 is 0 Å². The summed E-state index contributed by atoms with van der Waals surface area (Å²) in [6.07, 6.45) is 2.22. The fraction of sp³-hybridized carbons (Fsp3) is 0.529. The van der Waals surface area contributed by atoms with Gasteiger partial charge in [0.1, 0.15) is 5.82 Å². The van der Waals surface area contributed by atoms with Crippen LogP contribution in [0.1, 0.15) is 29.0 Å². The highest BCUT2D eigenvalue weighted by Gasteiger charge is 2.18. The van der Waals surface area contributed by atoms with Crippen LogP contribution in [0, 0.1) is 12.8 Å². The largest absolute Gasteiger partial charge is 0.396 e. The Morgan fingerprint density at radius 2 is 2.39 bits per heavy atom. The number of H-pyrrole nitrogens is 1. The van der Waals surface area contributed by atoms with E-state index in [4.69, 9.17) is 0 Å². The second kappa shape index (κ2) is 7.10. The fourth-order valence-corrected chi connectivity index (χ4v) is 3.21. The van der Waals surface area contributed by atoms with E-state index in [9.17, 15) is 9.90 Å². The number of aryl methyl sites for hydroxylation is 1. The van der Waals surface area contributed by atoms with Crippen molar-refractivity contribution in [3.63, 3.8) is 0 Å². The second-order valence-electron chi connectivity index (χ2n) is 6.30. The topological polar surface area (TPSA) is 81.2 Å². The molecule has 0 saturated carbocycles. The van der Waals surface area contributed by atoms with Crippen LogP contribution in [0.25, 0.3) is 11.0 Å². The van der Waals surface area contributed by atoms with E-state index in [0.29, 0.717) is 18.0 Å². The van der Waals surface area contributed by atoms with Crippen LogP contribution in [0.2, 0.25) is 0 Å². The maximum Gasteiger partial charge on any atom is 0.251 e. The summed E-state index contributed by atoms with van der Waals surface area (Å²) in [6, 6.07) is 5.51. The number of benzene rings is 1. The quantitative estimate of drug-likeness (QED) is 0.777. The molecule has 3 N–H and O–H groups in total. The van der Waals surface area contributed by atoms with Crippen LogP contribution in [-0.4, -0.2) is 58.7 Å². The average Bonchev–Trinajstić information content (AvgIpc) is 2.94. The zero-order valence-electron chi connectivity index (χ0n) is 13.5. The lowest BCUT2D eigenvalue weighted by Gasteiger charge is -2.31. The SMILES string of the molecule is Cc1nc2ccc(C(=O)NCCN3CCC[C@H](CO)C3)cc2[nH]1. The van der Waals surface area contributed by atoms with Gasteiger partial charge in [-0.3, -0.25) is 4.79 Å². The summed E-state index contributed by atoms with van der Waals surface area (Å²) in [6.45, 7) is 5.58. The van der Waals surface area contributed by atoms with E-state index in [1.54, 1.807) is 6.07 Å². The number of aromatic nitrogens is 2. The molecule has 6 nitrogen and oxygen atoms in total. The molecular weight excluding hydrogens is 292 g/mol. The Kier molecular flexibility index (Phi) is 4.93. The van der Waals surface area contributed by atoms with Gasteiger partial charge in [-0.25, -0.2) is 4.98 Å². The summed E-state index contributed by atoms with van der Waals surface area (Å²) in [4.78, 5) is 22.1. The summed E-state index contributed by atoms with van der Waals surface area (Å²) in [5.74, 6) is 1.17. The lowest BCUT2D eigenvalue weighted by atomic mass is 9.99. The number of fused-ring (bicyclic) bond motifs is 1. The molecule has 1 saturated heterocycles. The van der Waals surface area contributed by atoms with Gasteiger partial charge < -0.3 is 20.3 Å². The van der Waals surface area contributed by atoms with Crippen molar-refractivity contribution in [2.45, 2.75) is 19.8 Å². The normalized spacial score (nSPS) is 19.1. The van der Waals surface area contributed by atoms with Crippen LogP contribution in [0.3, 0.4) is 0 Å². The van der Waals surface area contributed by atoms with Crippen LogP contribution >= 0.6 is 0 Å². The van der Waals surface area contributed by atoms with Gasteiger partial charge in [0, 0.05) is 31.8 Å². The van der Waals surface area contributed by atoms with E-state index in [1.807, 2.05) is 19.1 Å². The lowest BCUT2D eigenvalue weighted by Crippen LogP contribution is -2.41. The molecule has 23 heavy (non-hydrogen) atoms. The predicted octanol–water partition coefficient (Wildman–Crippen LogP) is 1.31. The molecule has 1 aromatic heterocycles. The number of amides is 1. The first-order valence-electron chi connectivity index (χ1n) is 8.23. The maximum atomic E-state index is 12.3. The number of aromatic amines is 1. The molecule has 1 aromatic carbocycles. The molecule has 6 heteroatoms. The molecule has 2 aromatic rings. The number of nitrogens with zero attached hydrogens (tertiary/aromatic N) is 2. The van der Waals surface area contributed by atoms with E-state index in [2.05, 4.69) is 20.2 Å². The number of nitrogens with one attached hydrogen (secondary N) is 2. The van der Waals surface area contributed by atoms with Gasteiger partial charge in [-0.1, -0.05) is 0 Å². The van der Waals surface area contributed by atoms with Crippen molar-refractivity contribution in [3.8, 4) is 0 Å². The third kappa shape index (κ3) is 3.89. The molecule has 1 amide bonds. The van der Waals surface area contributed by atoms with E-state index in [0.717, 1.165) is 49.3 Å². The highest BCUT2D eigenvalue weighted by atomic mass is 16.3. The molecule has 0 spiro atoms. The van der Waals surface area contributed by atoms with Gasteiger partial charge in [0.2, 0.25) is 0 Å². The Morgan fingerprint density at radius 3 is 3.22 bits per heavy atom. The molecule has 1 atom stereocenters. The van der Waals surface area contributed by atoms with Crippen molar-refractivity contribution in [1.29, 1.82) is 0 Å². The fourth-order valence-electron chi connectivity index (χ4n) is 3.21. The summed E-state index contributed by atoms with van der Waals surface area (Å²) < 4.78 is 0. The second-order valence-corrected chi connectivity index (χ2v) is 6.30. The van der Waals surface area contributed by atoms with Crippen molar-refractivity contribution in [3.05, 3.63) is 29.6 Å². The molecular formula is C17H24N4O2. The Balaban J connectivity index is 1.52. The van der Waals surface area contributed by atoms with Crippen molar-refractivity contribution < 1.29 is 9.90 Å². The highest BCUT2D eigenvalue weighted by Crippen LogP contribution is 2.15. The molecule has 0 aliphatic carbocycles. The first kappa shape index (κ1) is 16.0. The minimum Gasteiger partial charge on any atom is -0.396 e. The van der Waals surface area contributed by atoms with Gasteiger partial charge >= 0.3 is 0 Å². The summed E-state index contributed by atoms with van der Waals surface area (Å²) in [5.41, 5.74) is 2.41. The monoisotopic (exact) mass is 316 g/mol. The van der Waals surface area contributed by atoms with Gasteiger partial charge in [0.15, 0.2) is 0 Å². The highest BCUT2D eigenvalue weighted by molar-refractivity contribution is 5.97. The first-order valence-corrected chi connectivity index (χ1v) is 8.23. The Bertz CT molecular complexity index is 682. The van der Waals surface area contributed by atoms with Crippen LogP contribution in [0.15, 0.2) is 18.2 Å². The van der Waals surface area contributed by atoms with Crippen LogP contribution in [0.4, 0.5) is 0 Å². The Morgan fingerprint density at radius 1 is 1.52 bits per heavy atom. The maximum absolute atomic E-state index is 12.3. The first-order chi connectivity index (χ1) is 11.2. The van der Waals surface area contributed by atoms with Gasteiger partial charge in [0.25, 0.3) is 5.91 Å². The zero-order valence-corrected chi connectivity index (χ0v) is 13.5. The van der Waals surface area contributed by atoms with Gasteiger partial charge in [0.05, 0.1) is 11.0 Å². The zero-order chi connectivity index (χ0) is 16.2. The molecule has 2 heterocycles. The minimum atomic E-state index is -0.0603. The number of piperidine rings is 1. The Labute approximate surface area is 135 Å². The van der Waals surface area contributed by atoms with Gasteiger partial charge in [-0.05, 0) is 50.4 Å². The molecule has 0 radical (unpaired) electrons. The van der Waals surface area contributed by atoms with Gasteiger partial charge in [-0.2, -0.15) is 0 Å². The summed E-state index contributed by atoms with van der Waals surface area (Å²) >= 11 is 0. The number of hydrogen-bond acceptors (Lipinski definition) is 4. The van der Waals surface area contributed by atoms with Crippen LogP contribution < -0.4 is 5.32 Å². The minimum absolute atomic E-state index is 0.0603. The smallest absolute Gasteiger partial charge is 0.251 e. The van der Waals surface area contributed by atoms with Crippen molar-refractivity contribution in [1.82, 2.24) is 20.2 Å². The number of likely N-dealkylation sites (tertiary alicyclic amines) is 1. The molecule has 0 bridgehead atoms. The molecule has 1 fully saturated rings. The van der Waals surface area contributed by atoms with Crippen molar-refractivity contribution in [2.75, 3.05) is 32.8 Å². The number of hydrogen-bond donors (Lipinski definition) is 3. The predicted molar refractivity (Wildman–Crippen MR) is 89.4 cm³/mol. The van der Waals surface area contributed by atoms with Crippen LogP contribution in [-0.2, 0) is 0 Å². The number of carbonyl (C=O) groups excluding carboxylic acids is 1. The third-order valence-corrected chi connectivity index (χ3v) is 4.44. The Hall–Kier alpha value is -1.92. The van der Waals surface area contributed by atoms with Crippen molar-refractivity contribution in [2.24, 2.45) is 5.92 Å². The van der Waals surface area contributed by atoms with Crippen LogP contribution in [0.5, 0.6) is 0 Å². The summed E-state index contributed by atoms with van der Waals surface area (Å²) in [7, 11) is 0. The standard InChI is InChI=1S/C17H24N4O2/c1-12-19-15-5-4-14(9-16(15)20-12)17(23)18-6-8-21-7-2-3-13(10-21)11-22/h4-5,9,13,22H,2-3,6-8,10-11H2,1H3,(H,18,23)(H,19,20)/t13-/m0/s1. The van der Waals surface area contributed by atoms with E-state index in [-0.39, 0.29) is 12.5 Å². The number of carbonyl (C=O) groups is 1. The molecule has 1 aliphatic heterocycles. The molecule has 3 rings (SSSR count). The number of aliphatic hydroxyl groups excluding tert-OH is 1. The van der Waals surface area contributed by atoms with E-state index < -0.39 is 0 Å². The number of imidazole rings is 1. The van der Waals surface area contributed by atoms with Crippen molar-refractivity contribution >= 4 is 16.9 Å². The number of rotatable bonds is 5. The number of aliphatic hydroxyl groups is 1. The lowest BCUT2D eigenvalue weighted by molar-refractivity contribution is 0.0931. The van der Waals surface area contributed by atoms with Gasteiger partial charge in [-0.15, -0.1) is 0 Å². The average molecular weight is 316 g/mol. The molecule has 1 aliphatic rings. The molecule has 0 unspecified atom stereocenters. The third-order valence-electron chi connectivity index (χ3n) is 4.44. The summed E-state index contributed by atoms with van der Waals surface area (Å²) in [5, 5.41) is 12.2.